The molecule has 0 saturated carbocycles. The minimum absolute atomic E-state index is 1.31. The number of alkyl halides is 1. The molecule has 0 aliphatic rings. The summed E-state index contributed by atoms with van der Waals surface area (Å²) < 4.78 is 1.31. The van der Waals surface area contributed by atoms with Crippen LogP contribution in [0.15, 0.2) is 22.9 Å². The second-order valence-corrected chi connectivity index (χ2v) is 3.73. The number of unbranched alkanes of at least 4 members (excludes halogenated alkanes) is 1. The molecule has 0 nitrogen and oxygen atoms in total. The SMILES string of the molecule is CCCCI.c1ccsc1. The minimum Gasteiger partial charge on any atom is -0.152 e. The standard InChI is InChI=1S/C4H9I.C4H4S/c1-2-3-4-5;1-2-4-5-3-1/h2-4H2,1H3;1-4H. The number of halogens is 1. The Morgan fingerprint density at radius 1 is 1.30 bits per heavy atom. The number of hydrogen-bond acceptors (Lipinski definition) is 1. The molecule has 0 spiro atoms. The van der Waals surface area contributed by atoms with Crippen LogP contribution in [0.5, 0.6) is 0 Å². The maximum atomic E-state index is 2.39. The summed E-state index contributed by atoms with van der Waals surface area (Å²) in [7, 11) is 0. The molecule has 0 unspecified atom stereocenters. The lowest BCUT2D eigenvalue weighted by molar-refractivity contribution is 0.907. The zero-order chi connectivity index (χ0) is 7.66. The predicted molar refractivity (Wildman–Crippen MR) is 58.1 cm³/mol. The lowest BCUT2D eigenvalue weighted by atomic mass is 10.4. The van der Waals surface area contributed by atoms with Crippen LogP contribution in [0.4, 0.5) is 0 Å². The van der Waals surface area contributed by atoms with E-state index >= 15 is 0 Å². The molecule has 10 heavy (non-hydrogen) atoms. The zero-order valence-corrected chi connectivity index (χ0v) is 9.19. The van der Waals surface area contributed by atoms with Gasteiger partial charge in [0, 0.05) is 0 Å². The highest BCUT2D eigenvalue weighted by Crippen LogP contribution is 1.91. The largest absolute Gasteiger partial charge is 0.152 e. The van der Waals surface area contributed by atoms with Crippen LogP contribution >= 0.6 is 33.9 Å². The highest BCUT2D eigenvalue weighted by atomic mass is 127. The van der Waals surface area contributed by atoms with Crippen LogP contribution in [-0.2, 0) is 0 Å². The normalized spacial score (nSPS) is 8.20. The quantitative estimate of drug-likeness (QED) is 0.562. The fraction of sp³-hybridized carbons (Fsp3) is 0.500. The molecule has 0 aliphatic carbocycles. The average molecular weight is 268 g/mol. The van der Waals surface area contributed by atoms with Gasteiger partial charge >= 0.3 is 0 Å². The summed E-state index contributed by atoms with van der Waals surface area (Å²) in [6, 6.07) is 4.04. The van der Waals surface area contributed by atoms with Gasteiger partial charge in [-0.1, -0.05) is 48.1 Å². The maximum Gasteiger partial charge on any atom is -0.000483 e. The van der Waals surface area contributed by atoms with Gasteiger partial charge in [-0.05, 0) is 21.6 Å². The van der Waals surface area contributed by atoms with Crippen molar-refractivity contribution in [2.45, 2.75) is 19.8 Å². The van der Waals surface area contributed by atoms with Crippen LogP contribution < -0.4 is 0 Å². The second-order valence-electron chi connectivity index (χ2n) is 1.84. The van der Waals surface area contributed by atoms with E-state index in [1.54, 1.807) is 11.3 Å². The summed E-state index contributed by atoms with van der Waals surface area (Å²) in [5, 5.41) is 4.08. The van der Waals surface area contributed by atoms with Crippen molar-refractivity contribution in [2.75, 3.05) is 4.43 Å². The predicted octanol–water partition coefficient (Wildman–Crippen LogP) is 3.97. The van der Waals surface area contributed by atoms with Crippen LogP contribution in [0, 0.1) is 0 Å². The van der Waals surface area contributed by atoms with Crippen LogP contribution in [-0.4, -0.2) is 4.43 Å². The number of rotatable bonds is 2. The Balaban J connectivity index is 0.000000162. The molecule has 1 aromatic heterocycles. The van der Waals surface area contributed by atoms with Gasteiger partial charge in [-0.2, -0.15) is 11.3 Å². The fourth-order valence-electron chi connectivity index (χ4n) is 0.360. The highest BCUT2D eigenvalue weighted by Gasteiger charge is 1.69. The molecule has 0 bridgehead atoms. The molecule has 0 amide bonds. The van der Waals surface area contributed by atoms with E-state index in [4.69, 9.17) is 0 Å². The van der Waals surface area contributed by atoms with E-state index < -0.39 is 0 Å². The van der Waals surface area contributed by atoms with Gasteiger partial charge in [0.2, 0.25) is 0 Å². The molecule has 0 radical (unpaired) electrons. The molecule has 0 fully saturated rings. The van der Waals surface area contributed by atoms with Gasteiger partial charge in [0.25, 0.3) is 0 Å². The second kappa shape index (κ2) is 9.43. The van der Waals surface area contributed by atoms with E-state index in [1.807, 2.05) is 22.9 Å². The molecule has 0 atom stereocenters. The first-order valence-electron chi connectivity index (χ1n) is 3.45. The monoisotopic (exact) mass is 268 g/mol. The van der Waals surface area contributed by atoms with Gasteiger partial charge in [-0.3, -0.25) is 0 Å². The van der Waals surface area contributed by atoms with Crippen molar-refractivity contribution in [3.05, 3.63) is 22.9 Å². The van der Waals surface area contributed by atoms with Crippen molar-refractivity contribution in [2.24, 2.45) is 0 Å². The van der Waals surface area contributed by atoms with Gasteiger partial charge in [-0.25, -0.2) is 0 Å². The number of thiophene rings is 1. The molecule has 58 valence electrons. The van der Waals surface area contributed by atoms with E-state index in [1.165, 1.54) is 17.3 Å². The molecule has 0 N–H and O–H groups in total. The Hall–Kier alpha value is 0.430. The molecule has 1 heterocycles. The third-order valence-electron chi connectivity index (χ3n) is 0.913. The van der Waals surface area contributed by atoms with Crippen LogP contribution in [0.2, 0.25) is 0 Å². The Morgan fingerprint density at radius 2 is 1.90 bits per heavy atom. The molecule has 0 aromatic carbocycles. The Bertz CT molecular complexity index is 95.6. The van der Waals surface area contributed by atoms with Gasteiger partial charge < -0.3 is 0 Å². The lowest BCUT2D eigenvalue weighted by Crippen LogP contribution is -1.64. The summed E-state index contributed by atoms with van der Waals surface area (Å²) in [5.74, 6) is 0. The first-order valence-corrected chi connectivity index (χ1v) is 5.91. The molecule has 0 aliphatic heterocycles. The van der Waals surface area contributed by atoms with Crippen molar-refractivity contribution in [3.8, 4) is 0 Å². The summed E-state index contributed by atoms with van der Waals surface area (Å²) in [5.41, 5.74) is 0. The minimum atomic E-state index is 1.31. The van der Waals surface area contributed by atoms with Gasteiger partial charge in [0.05, 0.1) is 0 Å². The first-order chi connectivity index (χ1) is 4.91. The topological polar surface area (TPSA) is 0 Å². The van der Waals surface area contributed by atoms with E-state index in [0.29, 0.717) is 0 Å². The van der Waals surface area contributed by atoms with Crippen molar-refractivity contribution in [3.63, 3.8) is 0 Å². The van der Waals surface area contributed by atoms with E-state index in [2.05, 4.69) is 29.5 Å². The zero-order valence-electron chi connectivity index (χ0n) is 6.22. The summed E-state index contributed by atoms with van der Waals surface area (Å²) in [6.07, 6.45) is 2.71. The van der Waals surface area contributed by atoms with Crippen LogP contribution in [0.25, 0.3) is 0 Å². The first kappa shape index (κ1) is 10.4. The fourth-order valence-corrected chi connectivity index (χ4v) is 1.58. The molecule has 1 aromatic rings. The van der Waals surface area contributed by atoms with Crippen molar-refractivity contribution in [1.29, 1.82) is 0 Å². The Morgan fingerprint density at radius 3 is 2.00 bits per heavy atom. The third-order valence-corrected chi connectivity index (χ3v) is 2.30. The average Bonchev–Trinajstić information content (AvgIpc) is 2.44. The van der Waals surface area contributed by atoms with Gasteiger partial charge in [-0.15, -0.1) is 0 Å². The molecule has 0 saturated heterocycles. The molecular weight excluding hydrogens is 255 g/mol. The van der Waals surface area contributed by atoms with E-state index in [0.717, 1.165) is 0 Å². The van der Waals surface area contributed by atoms with E-state index in [9.17, 15) is 0 Å². The molecule has 2 heteroatoms. The Labute approximate surface area is 80.8 Å². The van der Waals surface area contributed by atoms with Crippen LogP contribution in [0.3, 0.4) is 0 Å². The molecular formula is C8H13IS. The summed E-state index contributed by atoms with van der Waals surface area (Å²) >= 11 is 4.10. The van der Waals surface area contributed by atoms with Gasteiger partial charge in [0.15, 0.2) is 0 Å². The summed E-state index contributed by atoms with van der Waals surface area (Å²) in [6.45, 7) is 2.21. The maximum absolute atomic E-state index is 2.39. The Kier molecular flexibility index (Phi) is 9.84. The van der Waals surface area contributed by atoms with Crippen molar-refractivity contribution >= 4 is 33.9 Å². The van der Waals surface area contributed by atoms with Crippen molar-refractivity contribution in [1.82, 2.24) is 0 Å². The summed E-state index contributed by atoms with van der Waals surface area (Å²) in [4.78, 5) is 0. The van der Waals surface area contributed by atoms with Crippen molar-refractivity contribution < 1.29 is 0 Å². The smallest absolute Gasteiger partial charge is 0.000483 e. The van der Waals surface area contributed by atoms with E-state index in [-0.39, 0.29) is 0 Å². The number of hydrogen-bond donors (Lipinski definition) is 0. The van der Waals surface area contributed by atoms with Crippen LogP contribution in [0.1, 0.15) is 19.8 Å². The lowest BCUT2D eigenvalue weighted by Gasteiger charge is -1.77. The highest BCUT2D eigenvalue weighted by molar-refractivity contribution is 14.1. The third kappa shape index (κ3) is 8.43. The molecule has 1 rings (SSSR count). The van der Waals surface area contributed by atoms with Gasteiger partial charge in [0.1, 0.15) is 0 Å².